The topological polar surface area (TPSA) is 96.0 Å². The standard InChI is InChI=1S/C25H32FN3O5S/c1-18(25(31)27-20-8-4-5-9-20)28(16-19-12-14-21(34-2)15-13-19)24(30)17-29(35(3,32)33)23-11-7-6-10-22(23)26/h6-7,10-15,18,20H,4-5,8-9,16-17H2,1-3H3,(H,27,31)/t18-/m1/s1. The molecule has 1 N–H and O–H groups in total. The molecule has 0 bridgehead atoms. The highest BCUT2D eigenvalue weighted by Gasteiger charge is 2.32. The van der Waals surface area contributed by atoms with E-state index in [0.717, 1.165) is 47.9 Å². The van der Waals surface area contributed by atoms with Crippen LogP contribution in [0.25, 0.3) is 0 Å². The van der Waals surface area contributed by atoms with Crippen molar-refractivity contribution in [2.45, 2.75) is 51.2 Å². The molecule has 2 aromatic rings. The third-order valence-corrected chi connectivity index (χ3v) is 7.31. The lowest BCUT2D eigenvalue weighted by Gasteiger charge is -2.32. The van der Waals surface area contributed by atoms with Crippen LogP contribution in [-0.4, -0.2) is 57.1 Å². The van der Waals surface area contributed by atoms with E-state index in [1.165, 1.54) is 23.1 Å². The van der Waals surface area contributed by atoms with Gasteiger partial charge in [0, 0.05) is 12.6 Å². The molecule has 2 amide bonds. The van der Waals surface area contributed by atoms with Gasteiger partial charge in [-0.2, -0.15) is 0 Å². The molecule has 0 spiro atoms. The lowest BCUT2D eigenvalue weighted by molar-refractivity contribution is -0.139. The Kier molecular flexibility index (Phi) is 8.71. The van der Waals surface area contributed by atoms with E-state index in [1.54, 1.807) is 38.3 Å². The summed E-state index contributed by atoms with van der Waals surface area (Å²) in [6, 6.07) is 11.6. The van der Waals surface area contributed by atoms with Crippen molar-refractivity contribution >= 4 is 27.5 Å². The quantitative estimate of drug-likeness (QED) is 0.535. The van der Waals surface area contributed by atoms with Crippen LogP contribution < -0.4 is 14.4 Å². The zero-order chi connectivity index (χ0) is 25.6. The third kappa shape index (κ3) is 6.94. The van der Waals surface area contributed by atoms with Crippen LogP contribution in [0.1, 0.15) is 38.2 Å². The van der Waals surface area contributed by atoms with Gasteiger partial charge < -0.3 is 15.0 Å². The number of nitrogens with one attached hydrogen (secondary N) is 1. The molecule has 35 heavy (non-hydrogen) atoms. The first-order valence-electron chi connectivity index (χ1n) is 11.5. The first-order chi connectivity index (χ1) is 16.6. The highest BCUT2D eigenvalue weighted by molar-refractivity contribution is 7.92. The van der Waals surface area contributed by atoms with Crippen LogP contribution in [0.5, 0.6) is 5.75 Å². The minimum Gasteiger partial charge on any atom is -0.497 e. The number of nitrogens with zero attached hydrogens (tertiary/aromatic N) is 2. The molecule has 190 valence electrons. The number of hydrogen-bond acceptors (Lipinski definition) is 5. The van der Waals surface area contributed by atoms with Gasteiger partial charge in [-0.15, -0.1) is 0 Å². The number of methoxy groups -OCH3 is 1. The van der Waals surface area contributed by atoms with Crippen LogP contribution >= 0.6 is 0 Å². The van der Waals surface area contributed by atoms with Gasteiger partial charge in [-0.25, -0.2) is 12.8 Å². The number of para-hydroxylation sites is 1. The minimum absolute atomic E-state index is 0.0637. The van der Waals surface area contributed by atoms with Gasteiger partial charge in [0.1, 0.15) is 24.2 Å². The van der Waals surface area contributed by atoms with E-state index in [-0.39, 0.29) is 24.2 Å². The first kappa shape index (κ1) is 26.5. The van der Waals surface area contributed by atoms with Crippen LogP contribution in [-0.2, 0) is 26.2 Å². The monoisotopic (exact) mass is 505 g/mol. The Morgan fingerprint density at radius 1 is 1.11 bits per heavy atom. The number of amides is 2. The second kappa shape index (κ2) is 11.5. The Morgan fingerprint density at radius 2 is 1.74 bits per heavy atom. The molecule has 3 rings (SSSR count). The fourth-order valence-electron chi connectivity index (χ4n) is 4.15. The lowest BCUT2D eigenvalue weighted by Crippen LogP contribution is -2.52. The Balaban J connectivity index is 1.88. The Labute approximate surface area is 206 Å². The molecule has 1 saturated carbocycles. The molecule has 0 aliphatic heterocycles. The highest BCUT2D eigenvalue weighted by atomic mass is 32.2. The maximum absolute atomic E-state index is 14.4. The molecule has 1 fully saturated rings. The van der Waals surface area contributed by atoms with Gasteiger partial charge in [-0.3, -0.25) is 13.9 Å². The SMILES string of the molecule is COc1ccc(CN(C(=O)CN(c2ccccc2F)S(C)(=O)=O)[C@H](C)C(=O)NC2CCCC2)cc1. The molecule has 0 saturated heterocycles. The van der Waals surface area contributed by atoms with E-state index in [2.05, 4.69) is 5.32 Å². The zero-order valence-corrected chi connectivity index (χ0v) is 21.1. The summed E-state index contributed by atoms with van der Waals surface area (Å²) in [7, 11) is -2.44. The molecular weight excluding hydrogens is 473 g/mol. The molecular formula is C25H32FN3O5S. The predicted octanol–water partition coefficient (Wildman–Crippen LogP) is 3.08. The molecule has 1 aliphatic carbocycles. The van der Waals surface area contributed by atoms with Gasteiger partial charge in [0.2, 0.25) is 21.8 Å². The zero-order valence-electron chi connectivity index (χ0n) is 20.2. The predicted molar refractivity (Wildman–Crippen MR) is 132 cm³/mol. The number of anilines is 1. The highest BCUT2D eigenvalue weighted by Crippen LogP contribution is 2.23. The van der Waals surface area contributed by atoms with Crippen molar-refractivity contribution in [3.05, 3.63) is 59.9 Å². The summed E-state index contributed by atoms with van der Waals surface area (Å²) in [6.07, 6.45) is 4.77. The maximum atomic E-state index is 14.4. The second-order valence-corrected chi connectivity index (χ2v) is 10.7. The van der Waals surface area contributed by atoms with Gasteiger partial charge in [0.05, 0.1) is 19.1 Å². The molecule has 1 atom stereocenters. The van der Waals surface area contributed by atoms with E-state index >= 15 is 0 Å². The summed E-state index contributed by atoms with van der Waals surface area (Å²) in [5, 5.41) is 3.00. The summed E-state index contributed by atoms with van der Waals surface area (Å²) in [5.74, 6) is -1.06. The van der Waals surface area contributed by atoms with E-state index in [1.807, 2.05) is 0 Å². The van der Waals surface area contributed by atoms with Crippen molar-refractivity contribution in [1.29, 1.82) is 0 Å². The minimum atomic E-state index is -3.99. The molecule has 0 heterocycles. The van der Waals surface area contributed by atoms with Crippen molar-refractivity contribution in [2.24, 2.45) is 0 Å². The summed E-state index contributed by atoms with van der Waals surface area (Å²) in [4.78, 5) is 27.8. The number of benzene rings is 2. The number of carbonyl (C=O) groups is 2. The van der Waals surface area contributed by atoms with Crippen molar-refractivity contribution < 1.29 is 27.1 Å². The summed E-state index contributed by atoms with van der Waals surface area (Å²) in [6.45, 7) is 1.04. The fourth-order valence-corrected chi connectivity index (χ4v) is 5.00. The largest absolute Gasteiger partial charge is 0.497 e. The van der Waals surface area contributed by atoms with E-state index in [9.17, 15) is 22.4 Å². The molecule has 10 heteroatoms. The van der Waals surface area contributed by atoms with Crippen molar-refractivity contribution in [2.75, 3.05) is 24.2 Å². The fraction of sp³-hybridized carbons (Fsp3) is 0.440. The van der Waals surface area contributed by atoms with E-state index in [4.69, 9.17) is 4.74 Å². The van der Waals surface area contributed by atoms with Crippen LogP contribution in [0.4, 0.5) is 10.1 Å². The Morgan fingerprint density at radius 3 is 2.31 bits per heavy atom. The number of ether oxygens (including phenoxy) is 1. The van der Waals surface area contributed by atoms with E-state index < -0.39 is 34.3 Å². The van der Waals surface area contributed by atoms with Gasteiger partial charge in [0.25, 0.3) is 0 Å². The summed E-state index contributed by atoms with van der Waals surface area (Å²) in [5.41, 5.74) is 0.507. The van der Waals surface area contributed by atoms with Crippen molar-refractivity contribution in [3.8, 4) is 5.75 Å². The number of halogens is 1. The van der Waals surface area contributed by atoms with E-state index in [0.29, 0.717) is 5.75 Å². The molecule has 0 unspecified atom stereocenters. The van der Waals surface area contributed by atoms with Crippen LogP contribution in [0.2, 0.25) is 0 Å². The Hall–Kier alpha value is -3.14. The number of carbonyl (C=O) groups excluding carboxylic acids is 2. The molecule has 0 aromatic heterocycles. The van der Waals surface area contributed by atoms with Gasteiger partial charge in [0.15, 0.2) is 0 Å². The average Bonchev–Trinajstić information content (AvgIpc) is 3.33. The Bertz CT molecular complexity index is 1130. The van der Waals surface area contributed by atoms with Crippen molar-refractivity contribution in [3.63, 3.8) is 0 Å². The number of sulfonamides is 1. The molecule has 0 radical (unpaired) electrons. The van der Waals surface area contributed by atoms with Crippen LogP contribution in [0, 0.1) is 5.82 Å². The lowest BCUT2D eigenvalue weighted by atomic mass is 10.1. The summed E-state index contributed by atoms with van der Waals surface area (Å²) >= 11 is 0. The molecule has 8 nitrogen and oxygen atoms in total. The molecule has 2 aromatic carbocycles. The van der Waals surface area contributed by atoms with Gasteiger partial charge >= 0.3 is 0 Å². The maximum Gasteiger partial charge on any atom is 0.244 e. The third-order valence-electron chi connectivity index (χ3n) is 6.18. The van der Waals surface area contributed by atoms with Gasteiger partial charge in [-0.05, 0) is 49.6 Å². The normalized spacial score (nSPS) is 14.9. The van der Waals surface area contributed by atoms with Crippen LogP contribution in [0.15, 0.2) is 48.5 Å². The second-order valence-electron chi connectivity index (χ2n) is 8.76. The molecule has 1 aliphatic rings. The number of rotatable bonds is 10. The van der Waals surface area contributed by atoms with Gasteiger partial charge in [-0.1, -0.05) is 37.1 Å². The van der Waals surface area contributed by atoms with Crippen LogP contribution in [0.3, 0.4) is 0 Å². The van der Waals surface area contributed by atoms with Crippen molar-refractivity contribution in [1.82, 2.24) is 10.2 Å². The first-order valence-corrected chi connectivity index (χ1v) is 13.4. The summed E-state index contributed by atoms with van der Waals surface area (Å²) < 4.78 is 45.4. The smallest absolute Gasteiger partial charge is 0.244 e. The average molecular weight is 506 g/mol. The number of hydrogen-bond donors (Lipinski definition) is 1.